The molecule has 0 bridgehead atoms. The van der Waals surface area contributed by atoms with Gasteiger partial charge in [-0.3, -0.25) is 15.6 Å². The van der Waals surface area contributed by atoms with Crippen LogP contribution in [0.1, 0.15) is 64.7 Å². The Hall–Kier alpha value is -1.79. The summed E-state index contributed by atoms with van der Waals surface area (Å²) in [6, 6.07) is 12.2. The van der Waals surface area contributed by atoms with Crippen LogP contribution in [0, 0.1) is 5.41 Å². The number of carbonyl (C=O) groups is 1. The van der Waals surface area contributed by atoms with Gasteiger partial charge >= 0.3 is 0 Å². The number of rotatable bonds is 9. The predicted molar refractivity (Wildman–Crippen MR) is 141 cm³/mol. The molecule has 0 atom stereocenters. The van der Waals surface area contributed by atoms with Crippen LogP contribution >= 0.6 is 31.9 Å². The summed E-state index contributed by atoms with van der Waals surface area (Å²) >= 11 is 7.22. The maximum absolute atomic E-state index is 12.3. The lowest BCUT2D eigenvalue weighted by Crippen LogP contribution is -2.39. The smallest absolute Gasteiger partial charge is 0.276 e. The number of halogens is 2. The standard InChI is InChI=1S/C26H34Br2N2O2/c1-8-18-9-11-19(12-10-18)17(2)29-30-23(31)15-32-24-21(27)13-20(14-22(24)28)26(6,7)16-25(3,4)5/h9-14,29H,2,8,15-16H2,1,3-7H3,(H,30,31). The fraction of sp³-hybridized carbons (Fsp3) is 0.423. The summed E-state index contributed by atoms with van der Waals surface area (Å²) in [6.07, 6.45) is 2.02. The molecular weight excluding hydrogens is 532 g/mol. The van der Waals surface area contributed by atoms with Gasteiger partial charge in [0.05, 0.1) is 14.6 Å². The quantitative estimate of drug-likeness (QED) is 0.317. The minimum absolute atomic E-state index is 0.00118. The number of nitrogens with one attached hydrogen (secondary N) is 2. The van der Waals surface area contributed by atoms with Crippen molar-refractivity contribution in [1.82, 2.24) is 10.9 Å². The molecule has 2 N–H and O–H groups in total. The molecule has 0 aliphatic rings. The predicted octanol–water partition coefficient (Wildman–Crippen LogP) is 7.16. The van der Waals surface area contributed by atoms with Crippen molar-refractivity contribution in [1.29, 1.82) is 0 Å². The molecule has 2 aromatic carbocycles. The van der Waals surface area contributed by atoms with E-state index in [2.05, 4.69) is 115 Å². The zero-order valence-electron chi connectivity index (χ0n) is 19.9. The van der Waals surface area contributed by atoms with Crippen LogP contribution in [0.3, 0.4) is 0 Å². The van der Waals surface area contributed by atoms with E-state index in [0.29, 0.717) is 11.4 Å². The van der Waals surface area contributed by atoms with E-state index in [-0.39, 0.29) is 23.3 Å². The highest BCUT2D eigenvalue weighted by atomic mass is 79.9. The summed E-state index contributed by atoms with van der Waals surface area (Å²) < 4.78 is 7.41. The zero-order valence-corrected chi connectivity index (χ0v) is 23.0. The van der Waals surface area contributed by atoms with Gasteiger partial charge in [0.1, 0.15) is 5.75 Å². The van der Waals surface area contributed by atoms with Crippen molar-refractivity contribution in [3.63, 3.8) is 0 Å². The summed E-state index contributed by atoms with van der Waals surface area (Å²) in [4.78, 5) is 12.3. The summed E-state index contributed by atoms with van der Waals surface area (Å²) in [5.41, 5.74) is 9.70. The van der Waals surface area contributed by atoms with Gasteiger partial charge in [0.2, 0.25) is 0 Å². The largest absolute Gasteiger partial charge is 0.481 e. The van der Waals surface area contributed by atoms with Gasteiger partial charge in [-0.05, 0) is 84.4 Å². The molecular formula is C26H34Br2N2O2. The molecule has 0 spiro atoms. The summed E-state index contributed by atoms with van der Waals surface area (Å²) in [7, 11) is 0. The van der Waals surface area contributed by atoms with Crippen LogP contribution in [0.4, 0.5) is 0 Å². The highest BCUT2D eigenvalue weighted by molar-refractivity contribution is 9.11. The molecule has 0 saturated carbocycles. The summed E-state index contributed by atoms with van der Waals surface area (Å²) in [5.74, 6) is 0.303. The van der Waals surface area contributed by atoms with Gasteiger partial charge in [0.15, 0.2) is 6.61 Å². The molecule has 1 amide bonds. The Balaban J connectivity index is 1.96. The number of hydrazine groups is 1. The average Bonchev–Trinajstić information content (AvgIpc) is 2.69. The first-order chi connectivity index (χ1) is 14.8. The molecule has 0 aromatic heterocycles. The van der Waals surface area contributed by atoms with Crippen LogP contribution in [0.25, 0.3) is 5.70 Å². The molecule has 0 aliphatic carbocycles. The summed E-state index contributed by atoms with van der Waals surface area (Å²) in [6.45, 7) is 17.2. The van der Waals surface area contributed by atoms with Crippen molar-refractivity contribution < 1.29 is 9.53 Å². The molecule has 0 fully saturated rings. The summed E-state index contributed by atoms with van der Waals surface area (Å²) in [5, 5.41) is 0. The molecule has 174 valence electrons. The number of ether oxygens (including phenoxy) is 1. The first-order valence-corrected chi connectivity index (χ1v) is 12.4. The number of hydrogen-bond acceptors (Lipinski definition) is 3. The number of hydrogen-bond donors (Lipinski definition) is 2. The van der Waals surface area contributed by atoms with E-state index in [4.69, 9.17) is 4.74 Å². The Morgan fingerprint density at radius 3 is 2.06 bits per heavy atom. The van der Waals surface area contributed by atoms with Gasteiger partial charge in [-0.25, -0.2) is 0 Å². The van der Waals surface area contributed by atoms with E-state index < -0.39 is 0 Å². The second kappa shape index (κ2) is 10.9. The van der Waals surface area contributed by atoms with E-state index >= 15 is 0 Å². The third-order valence-corrected chi connectivity index (χ3v) is 6.34. The van der Waals surface area contributed by atoms with Crippen LogP contribution in [-0.2, 0) is 16.6 Å². The van der Waals surface area contributed by atoms with Gasteiger partial charge in [0, 0.05) is 0 Å². The van der Waals surface area contributed by atoms with Crippen LogP contribution in [0.15, 0.2) is 51.9 Å². The van der Waals surface area contributed by atoms with Gasteiger partial charge in [0.25, 0.3) is 5.91 Å². The number of carbonyl (C=O) groups excluding carboxylic acids is 1. The zero-order chi connectivity index (χ0) is 24.1. The van der Waals surface area contributed by atoms with Crippen LogP contribution in [0.5, 0.6) is 5.75 Å². The number of aryl methyl sites for hydroxylation is 1. The van der Waals surface area contributed by atoms with E-state index in [1.54, 1.807) is 0 Å². The molecule has 2 rings (SSSR count). The molecule has 0 radical (unpaired) electrons. The third-order valence-electron chi connectivity index (χ3n) is 5.16. The minimum Gasteiger partial charge on any atom is -0.481 e. The van der Waals surface area contributed by atoms with Gasteiger partial charge in [-0.15, -0.1) is 0 Å². The monoisotopic (exact) mass is 564 g/mol. The van der Waals surface area contributed by atoms with Gasteiger partial charge in [-0.1, -0.05) is 72.4 Å². The van der Waals surface area contributed by atoms with E-state index in [1.807, 2.05) is 12.1 Å². The average molecular weight is 566 g/mol. The Morgan fingerprint density at radius 2 is 1.56 bits per heavy atom. The Bertz CT molecular complexity index is 938. The lowest BCUT2D eigenvalue weighted by atomic mass is 9.72. The second-order valence-corrected chi connectivity index (χ2v) is 11.6. The van der Waals surface area contributed by atoms with Crippen molar-refractivity contribution >= 4 is 43.5 Å². The van der Waals surface area contributed by atoms with Crippen LogP contribution in [-0.4, -0.2) is 12.5 Å². The minimum atomic E-state index is -0.299. The highest BCUT2D eigenvalue weighted by Crippen LogP contribution is 2.42. The third kappa shape index (κ3) is 7.66. The maximum atomic E-state index is 12.3. The highest BCUT2D eigenvalue weighted by Gasteiger charge is 2.28. The Morgan fingerprint density at radius 1 is 1.00 bits per heavy atom. The van der Waals surface area contributed by atoms with Crippen molar-refractivity contribution in [3.05, 3.63) is 68.6 Å². The van der Waals surface area contributed by atoms with Crippen molar-refractivity contribution in [2.75, 3.05) is 6.61 Å². The van der Waals surface area contributed by atoms with Crippen molar-refractivity contribution in [2.24, 2.45) is 5.41 Å². The fourth-order valence-electron chi connectivity index (χ4n) is 3.85. The molecule has 0 saturated heterocycles. The van der Waals surface area contributed by atoms with E-state index in [0.717, 1.165) is 27.4 Å². The number of benzene rings is 2. The van der Waals surface area contributed by atoms with Gasteiger partial charge < -0.3 is 4.74 Å². The van der Waals surface area contributed by atoms with Gasteiger partial charge in [-0.2, -0.15) is 0 Å². The number of amides is 1. The van der Waals surface area contributed by atoms with Crippen LogP contribution in [0.2, 0.25) is 0 Å². The van der Waals surface area contributed by atoms with Crippen LogP contribution < -0.4 is 15.6 Å². The lowest BCUT2D eigenvalue weighted by molar-refractivity contribution is -0.123. The van der Waals surface area contributed by atoms with E-state index in [1.165, 1.54) is 11.1 Å². The topological polar surface area (TPSA) is 50.4 Å². The van der Waals surface area contributed by atoms with E-state index in [9.17, 15) is 4.79 Å². The normalized spacial score (nSPS) is 11.8. The molecule has 0 heterocycles. The maximum Gasteiger partial charge on any atom is 0.276 e. The lowest BCUT2D eigenvalue weighted by Gasteiger charge is -2.33. The Kier molecular flexibility index (Phi) is 9.00. The molecule has 0 aliphatic heterocycles. The SMILES string of the molecule is C=C(NNC(=O)COc1c(Br)cc(C(C)(C)CC(C)(C)C)cc1Br)c1ccc(CC)cc1. The molecule has 0 unspecified atom stereocenters. The fourth-order valence-corrected chi connectivity index (χ4v) is 5.26. The van der Waals surface area contributed by atoms with Crippen molar-refractivity contribution in [3.8, 4) is 5.75 Å². The van der Waals surface area contributed by atoms with Crippen molar-refractivity contribution in [2.45, 2.75) is 59.8 Å². The first-order valence-electron chi connectivity index (χ1n) is 10.8. The second-order valence-electron chi connectivity index (χ2n) is 9.88. The molecule has 32 heavy (non-hydrogen) atoms. The molecule has 2 aromatic rings. The molecule has 4 nitrogen and oxygen atoms in total. The Labute approximate surface area is 209 Å². The molecule has 6 heteroatoms. The first kappa shape index (κ1) is 26.5.